The van der Waals surface area contributed by atoms with Crippen LogP contribution in [0, 0.1) is 5.92 Å². The minimum absolute atomic E-state index is 0.0300. The molecule has 0 aliphatic carbocycles. The number of nitrogens with zero attached hydrogens (tertiary/aromatic N) is 2. The first-order valence-corrected chi connectivity index (χ1v) is 9.59. The van der Waals surface area contributed by atoms with Crippen LogP contribution in [0.2, 0.25) is 0 Å². The van der Waals surface area contributed by atoms with Gasteiger partial charge in [-0.2, -0.15) is 18.2 Å². The van der Waals surface area contributed by atoms with Gasteiger partial charge in [-0.3, -0.25) is 0 Å². The zero-order valence-electron chi connectivity index (χ0n) is 13.7. The van der Waals surface area contributed by atoms with Crippen molar-refractivity contribution in [2.45, 2.75) is 18.6 Å². The average molecular weight is 391 g/mol. The zero-order valence-corrected chi connectivity index (χ0v) is 14.5. The van der Waals surface area contributed by atoms with Gasteiger partial charge < -0.3 is 9.26 Å². The topological polar surface area (TPSA) is 94.3 Å². The van der Waals surface area contributed by atoms with Crippen LogP contribution in [-0.4, -0.2) is 38.0 Å². The standard InChI is InChI=1S/C15H16F3N3O4S/c1-26(22,23)21-12(11-6-7-24-8-11)9-2-4-10(5-3-9)13-19-14(25-20-13)15(16,17)18/h2-5,11-12,21H,6-8H2,1H3. The molecule has 7 nitrogen and oxygen atoms in total. The maximum Gasteiger partial charge on any atom is 0.471 e. The van der Waals surface area contributed by atoms with Crippen molar-refractivity contribution in [1.29, 1.82) is 0 Å². The Morgan fingerprint density at radius 1 is 1.27 bits per heavy atom. The quantitative estimate of drug-likeness (QED) is 0.841. The Morgan fingerprint density at radius 2 is 1.96 bits per heavy atom. The van der Waals surface area contributed by atoms with Gasteiger partial charge in [0.15, 0.2) is 0 Å². The Bertz CT molecular complexity index is 859. The summed E-state index contributed by atoms with van der Waals surface area (Å²) >= 11 is 0. The van der Waals surface area contributed by atoms with Crippen molar-refractivity contribution in [2.75, 3.05) is 19.5 Å². The molecule has 2 unspecified atom stereocenters. The minimum atomic E-state index is -4.71. The first kappa shape index (κ1) is 18.8. The number of halogens is 3. The van der Waals surface area contributed by atoms with Gasteiger partial charge in [-0.25, -0.2) is 13.1 Å². The predicted octanol–water partition coefficient (Wildman–Crippen LogP) is 2.38. The number of alkyl halides is 3. The Morgan fingerprint density at radius 3 is 2.46 bits per heavy atom. The zero-order chi connectivity index (χ0) is 18.9. The van der Waals surface area contributed by atoms with E-state index in [1.807, 2.05) is 0 Å². The Balaban J connectivity index is 1.85. The first-order chi connectivity index (χ1) is 12.1. The number of sulfonamides is 1. The van der Waals surface area contributed by atoms with E-state index in [1.54, 1.807) is 12.1 Å². The molecule has 1 aromatic heterocycles. The van der Waals surface area contributed by atoms with Crippen molar-refractivity contribution < 1.29 is 30.8 Å². The molecule has 1 fully saturated rings. The first-order valence-electron chi connectivity index (χ1n) is 7.70. The summed E-state index contributed by atoms with van der Waals surface area (Å²) in [5, 5.41) is 3.33. The maximum absolute atomic E-state index is 12.5. The molecule has 1 aliphatic heterocycles. The highest BCUT2D eigenvalue weighted by atomic mass is 32.2. The van der Waals surface area contributed by atoms with E-state index in [4.69, 9.17) is 4.74 Å². The second kappa shape index (κ2) is 6.97. The summed E-state index contributed by atoms with van der Waals surface area (Å²) in [7, 11) is -3.45. The smallest absolute Gasteiger partial charge is 0.381 e. The third-order valence-corrected chi connectivity index (χ3v) is 4.66. The molecule has 0 saturated carbocycles. The van der Waals surface area contributed by atoms with Crippen molar-refractivity contribution >= 4 is 10.0 Å². The molecule has 26 heavy (non-hydrogen) atoms. The van der Waals surface area contributed by atoms with E-state index >= 15 is 0 Å². The van der Waals surface area contributed by atoms with Crippen LogP contribution in [0.5, 0.6) is 0 Å². The van der Waals surface area contributed by atoms with Crippen LogP contribution >= 0.6 is 0 Å². The third kappa shape index (κ3) is 4.40. The summed E-state index contributed by atoms with van der Waals surface area (Å²) in [5.41, 5.74) is 1.00. The van der Waals surface area contributed by atoms with Crippen molar-refractivity contribution in [3.05, 3.63) is 35.7 Å². The Kier molecular flexibility index (Phi) is 5.04. The second-order valence-corrected chi connectivity index (χ2v) is 7.81. The highest BCUT2D eigenvalue weighted by Crippen LogP contribution is 2.32. The highest BCUT2D eigenvalue weighted by Gasteiger charge is 2.38. The van der Waals surface area contributed by atoms with E-state index < -0.39 is 28.1 Å². The lowest BCUT2D eigenvalue weighted by Gasteiger charge is -2.23. The van der Waals surface area contributed by atoms with Gasteiger partial charge in [0, 0.05) is 18.1 Å². The molecule has 11 heteroatoms. The van der Waals surface area contributed by atoms with Crippen LogP contribution < -0.4 is 4.72 Å². The van der Waals surface area contributed by atoms with Crippen LogP contribution in [0.3, 0.4) is 0 Å². The molecule has 0 spiro atoms. The number of hydrogen-bond acceptors (Lipinski definition) is 6. The monoisotopic (exact) mass is 391 g/mol. The number of benzene rings is 1. The van der Waals surface area contributed by atoms with Crippen LogP contribution in [0.1, 0.15) is 23.9 Å². The molecular formula is C15H16F3N3O4S. The van der Waals surface area contributed by atoms with Crippen molar-refractivity contribution in [3.63, 3.8) is 0 Å². The van der Waals surface area contributed by atoms with E-state index in [2.05, 4.69) is 19.4 Å². The summed E-state index contributed by atoms with van der Waals surface area (Å²) in [6.45, 7) is 0.975. The normalized spacial score (nSPS) is 19.6. The van der Waals surface area contributed by atoms with Gasteiger partial charge in [0.1, 0.15) is 0 Å². The Hall–Kier alpha value is -1.98. The van der Waals surface area contributed by atoms with Gasteiger partial charge in [-0.05, 0) is 12.0 Å². The van der Waals surface area contributed by atoms with Crippen LogP contribution in [0.15, 0.2) is 28.8 Å². The van der Waals surface area contributed by atoms with Crippen molar-refractivity contribution in [2.24, 2.45) is 5.92 Å². The summed E-state index contributed by atoms with van der Waals surface area (Å²) in [6, 6.07) is 5.80. The lowest BCUT2D eigenvalue weighted by Crippen LogP contribution is -2.33. The fourth-order valence-electron chi connectivity index (χ4n) is 2.78. The number of nitrogens with one attached hydrogen (secondary N) is 1. The molecule has 0 amide bonds. The van der Waals surface area contributed by atoms with Crippen LogP contribution in [-0.2, 0) is 20.9 Å². The molecule has 1 aliphatic rings. The molecule has 2 heterocycles. The van der Waals surface area contributed by atoms with E-state index in [0.29, 0.717) is 30.8 Å². The molecule has 0 radical (unpaired) electrons. The predicted molar refractivity (Wildman–Crippen MR) is 84.4 cm³/mol. The van der Waals surface area contributed by atoms with Gasteiger partial charge >= 0.3 is 12.1 Å². The minimum Gasteiger partial charge on any atom is -0.381 e. The highest BCUT2D eigenvalue weighted by molar-refractivity contribution is 7.88. The fraction of sp³-hybridized carbons (Fsp3) is 0.467. The van der Waals surface area contributed by atoms with E-state index in [-0.39, 0.29) is 11.7 Å². The molecule has 1 N–H and O–H groups in total. The lowest BCUT2D eigenvalue weighted by molar-refractivity contribution is -0.159. The average Bonchev–Trinajstić information content (AvgIpc) is 3.23. The van der Waals surface area contributed by atoms with Gasteiger partial charge in [0.2, 0.25) is 15.8 Å². The van der Waals surface area contributed by atoms with Crippen molar-refractivity contribution in [3.8, 4) is 11.4 Å². The SMILES string of the molecule is CS(=O)(=O)NC(c1ccc(-c2noc(C(F)(F)F)n2)cc1)C1CCOC1. The molecule has 0 bridgehead atoms. The van der Waals surface area contributed by atoms with Gasteiger partial charge in [0.25, 0.3) is 0 Å². The fourth-order valence-corrected chi connectivity index (χ4v) is 3.57. The van der Waals surface area contributed by atoms with E-state index in [1.165, 1.54) is 12.1 Å². The van der Waals surface area contributed by atoms with Gasteiger partial charge in [-0.1, -0.05) is 29.4 Å². The molecule has 1 aromatic carbocycles. The summed E-state index contributed by atoms with van der Waals surface area (Å²) in [6.07, 6.45) is -2.94. The molecule has 2 aromatic rings. The van der Waals surface area contributed by atoms with E-state index in [9.17, 15) is 21.6 Å². The van der Waals surface area contributed by atoms with Gasteiger partial charge in [0.05, 0.1) is 18.9 Å². The third-order valence-electron chi connectivity index (χ3n) is 3.97. The number of hydrogen-bond donors (Lipinski definition) is 1. The lowest BCUT2D eigenvalue weighted by atomic mass is 9.92. The van der Waals surface area contributed by atoms with Crippen molar-refractivity contribution in [1.82, 2.24) is 14.9 Å². The number of aromatic nitrogens is 2. The molecule has 3 rings (SSSR count). The van der Waals surface area contributed by atoms with Crippen LogP contribution in [0.25, 0.3) is 11.4 Å². The van der Waals surface area contributed by atoms with Crippen LogP contribution in [0.4, 0.5) is 13.2 Å². The van der Waals surface area contributed by atoms with Gasteiger partial charge in [-0.15, -0.1) is 0 Å². The number of ether oxygens (including phenoxy) is 1. The largest absolute Gasteiger partial charge is 0.471 e. The second-order valence-electron chi connectivity index (χ2n) is 6.03. The number of rotatable bonds is 5. The molecule has 1 saturated heterocycles. The Labute approximate surface area is 147 Å². The molecule has 2 atom stereocenters. The summed E-state index contributed by atoms with van der Waals surface area (Å²) < 4.78 is 73.1. The summed E-state index contributed by atoms with van der Waals surface area (Å²) in [5.74, 6) is -1.64. The summed E-state index contributed by atoms with van der Waals surface area (Å²) in [4.78, 5) is 3.33. The maximum atomic E-state index is 12.5. The molecule has 142 valence electrons. The molecular weight excluding hydrogens is 375 g/mol. The van der Waals surface area contributed by atoms with E-state index in [0.717, 1.165) is 6.26 Å².